The van der Waals surface area contributed by atoms with Crippen molar-refractivity contribution in [3.05, 3.63) is 93.0 Å². The van der Waals surface area contributed by atoms with Gasteiger partial charge in [0.25, 0.3) is 0 Å². The second-order valence-corrected chi connectivity index (χ2v) is 7.31. The standard InChI is InChI=1S/C22H11BrF8O/c1-2-3-13-14(23)9-16(25)19(20(13)28)22(30,31)32-11-4-5-12(15(24)8-11)10-6-17(26)21(29)18(27)7-10/h2-9H,1H3. The summed E-state index contributed by atoms with van der Waals surface area (Å²) in [5.74, 6) is -10.2. The van der Waals surface area contributed by atoms with E-state index in [1.54, 1.807) is 0 Å². The molecule has 0 saturated heterocycles. The van der Waals surface area contributed by atoms with Gasteiger partial charge in [0.05, 0.1) is 0 Å². The minimum atomic E-state index is -4.55. The van der Waals surface area contributed by atoms with Crippen LogP contribution < -0.4 is 4.74 Å². The average molecular weight is 523 g/mol. The van der Waals surface area contributed by atoms with E-state index in [4.69, 9.17) is 0 Å². The van der Waals surface area contributed by atoms with Gasteiger partial charge in [-0.1, -0.05) is 12.2 Å². The van der Waals surface area contributed by atoms with Crippen molar-refractivity contribution in [2.45, 2.75) is 13.0 Å². The van der Waals surface area contributed by atoms with Crippen molar-refractivity contribution in [1.82, 2.24) is 0 Å². The van der Waals surface area contributed by atoms with Crippen LogP contribution in [0.25, 0.3) is 17.2 Å². The van der Waals surface area contributed by atoms with Crippen molar-refractivity contribution in [2.75, 3.05) is 0 Å². The molecular weight excluding hydrogens is 512 g/mol. The lowest BCUT2D eigenvalue weighted by Gasteiger charge is -2.21. The number of ether oxygens (including phenoxy) is 1. The molecule has 0 saturated carbocycles. The first-order chi connectivity index (χ1) is 15.0. The Bertz CT molecular complexity index is 1200. The van der Waals surface area contributed by atoms with Crippen LogP contribution in [0.1, 0.15) is 18.1 Å². The molecule has 0 atom stereocenters. The van der Waals surface area contributed by atoms with E-state index in [9.17, 15) is 35.1 Å². The minimum Gasteiger partial charge on any atom is -0.429 e. The first-order valence-electron chi connectivity index (χ1n) is 8.78. The van der Waals surface area contributed by atoms with E-state index in [0.29, 0.717) is 24.3 Å². The Kier molecular flexibility index (Phi) is 6.64. The zero-order valence-electron chi connectivity index (χ0n) is 15.9. The van der Waals surface area contributed by atoms with Gasteiger partial charge in [0.2, 0.25) is 0 Å². The number of hydrogen-bond donors (Lipinski definition) is 0. The molecule has 0 spiro atoms. The largest absolute Gasteiger partial charge is 0.432 e. The van der Waals surface area contributed by atoms with Gasteiger partial charge in [-0.25, -0.2) is 26.3 Å². The summed E-state index contributed by atoms with van der Waals surface area (Å²) in [6.07, 6.45) is -2.07. The summed E-state index contributed by atoms with van der Waals surface area (Å²) >= 11 is 2.88. The van der Waals surface area contributed by atoms with Crippen molar-refractivity contribution in [3.8, 4) is 16.9 Å². The molecule has 0 aliphatic rings. The molecule has 0 amide bonds. The van der Waals surface area contributed by atoms with Crippen LogP contribution in [0.2, 0.25) is 0 Å². The maximum Gasteiger partial charge on any atom is 0.432 e. The Labute approximate surface area is 185 Å². The Hall–Kier alpha value is -2.88. The summed E-state index contributed by atoms with van der Waals surface area (Å²) in [5, 5.41) is 0. The highest BCUT2D eigenvalue weighted by Gasteiger charge is 2.42. The second-order valence-electron chi connectivity index (χ2n) is 6.46. The van der Waals surface area contributed by atoms with Crippen LogP contribution in [-0.2, 0) is 6.11 Å². The van der Waals surface area contributed by atoms with E-state index >= 15 is 0 Å². The number of rotatable bonds is 5. The summed E-state index contributed by atoms with van der Waals surface area (Å²) in [6, 6.07) is 3.73. The Morgan fingerprint density at radius 3 is 2.00 bits per heavy atom. The minimum absolute atomic E-state index is 0.112. The van der Waals surface area contributed by atoms with Crippen molar-refractivity contribution >= 4 is 22.0 Å². The number of alkyl halides is 2. The molecule has 3 aromatic rings. The van der Waals surface area contributed by atoms with Crippen molar-refractivity contribution in [3.63, 3.8) is 0 Å². The molecule has 0 aliphatic heterocycles. The van der Waals surface area contributed by atoms with Crippen LogP contribution in [0.3, 0.4) is 0 Å². The van der Waals surface area contributed by atoms with Crippen molar-refractivity contribution in [2.24, 2.45) is 0 Å². The SMILES string of the molecule is CC=Cc1c(Br)cc(F)c(C(F)(F)Oc2ccc(-c3cc(F)c(F)c(F)c3)c(F)c2)c1F. The predicted molar refractivity (Wildman–Crippen MR) is 105 cm³/mol. The van der Waals surface area contributed by atoms with E-state index in [2.05, 4.69) is 20.7 Å². The Morgan fingerprint density at radius 2 is 1.44 bits per heavy atom. The third-order valence-electron chi connectivity index (χ3n) is 4.31. The van der Waals surface area contributed by atoms with Gasteiger partial charge < -0.3 is 4.74 Å². The number of halogens is 9. The maximum absolute atomic E-state index is 14.6. The molecule has 0 aliphatic carbocycles. The van der Waals surface area contributed by atoms with E-state index in [1.807, 2.05) is 0 Å². The molecular formula is C22H11BrF8O. The van der Waals surface area contributed by atoms with E-state index in [-0.39, 0.29) is 10.0 Å². The van der Waals surface area contributed by atoms with Gasteiger partial charge in [0.1, 0.15) is 28.8 Å². The highest BCUT2D eigenvalue weighted by atomic mass is 79.9. The number of benzene rings is 3. The van der Waals surface area contributed by atoms with Crippen LogP contribution in [0.15, 0.2) is 46.9 Å². The smallest absolute Gasteiger partial charge is 0.429 e. The van der Waals surface area contributed by atoms with Crippen LogP contribution in [0, 0.1) is 34.9 Å². The number of allylic oxidation sites excluding steroid dienone is 1. The van der Waals surface area contributed by atoms with Crippen molar-refractivity contribution in [1.29, 1.82) is 0 Å². The van der Waals surface area contributed by atoms with Crippen LogP contribution in [0.4, 0.5) is 35.1 Å². The van der Waals surface area contributed by atoms with Crippen LogP contribution >= 0.6 is 15.9 Å². The molecule has 0 fully saturated rings. The van der Waals surface area contributed by atoms with Crippen molar-refractivity contribution < 1.29 is 39.9 Å². The monoisotopic (exact) mass is 522 g/mol. The molecule has 0 heterocycles. The molecule has 0 radical (unpaired) electrons. The molecule has 10 heteroatoms. The Morgan fingerprint density at radius 1 is 0.812 bits per heavy atom. The van der Waals surface area contributed by atoms with E-state index in [1.165, 1.54) is 13.0 Å². The maximum atomic E-state index is 14.6. The summed E-state index contributed by atoms with van der Waals surface area (Å²) in [7, 11) is 0. The lowest BCUT2D eigenvalue weighted by Crippen LogP contribution is -2.25. The van der Waals surface area contributed by atoms with Crippen LogP contribution in [0.5, 0.6) is 5.75 Å². The zero-order chi connectivity index (χ0) is 23.8. The Balaban J connectivity index is 1.99. The fourth-order valence-corrected chi connectivity index (χ4v) is 3.40. The van der Waals surface area contributed by atoms with Gasteiger partial charge in [-0.05, 0) is 58.7 Å². The van der Waals surface area contributed by atoms with Crippen LogP contribution in [-0.4, -0.2) is 0 Å². The third kappa shape index (κ3) is 4.50. The summed E-state index contributed by atoms with van der Waals surface area (Å²) in [4.78, 5) is 0. The summed E-state index contributed by atoms with van der Waals surface area (Å²) in [5.41, 5.74) is -2.90. The fourth-order valence-electron chi connectivity index (χ4n) is 2.90. The first-order valence-corrected chi connectivity index (χ1v) is 9.57. The first kappa shape index (κ1) is 23.8. The highest BCUT2D eigenvalue weighted by molar-refractivity contribution is 9.10. The van der Waals surface area contributed by atoms with Gasteiger partial charge in [-0.2, -0.15) is 8.78 Å². The normalized spacial score (nSPS) is 11.9. The van der Waals surface area contributed by atoms with Gasteiger partial charge in [-0.3, -0.25) is 0 Å². The molecule has 32 heavy (non-hydrogen) atoms. The molecule has 168 valence electrons. The molecule has 0 aromatic heterocycles. The predicted octanol–water partition coefficient (Wildman–Crippen LogP) is 8.11. The van der Waals surface area contributed by atoms with Gasteiger partial charge in [0.15, 0.2) is 17.5 Å². The molecule has 0 unspecified atom stereocenters. The average Bonchev–Trinajstić information content (AvgIpc) is 2.68. The van der Waals surface area contributed by atoms with Gasteiger partial charge >= 0.3 is 6.11 Å². The fraction of sp³-hybridized carbons (Fsp3) is 0.0909. The quantitative estimate of drug-likeness (QED) is 0.243. The topological polar surface area (TPSA) is 9.23 Å². The third-order valence-corrected chi connectivity index (χ3v) is 4.97. The van der Waals surface area contributed by atoms with Gasteiger partial charge in [-0.15, -0.1) is 0 Å². The lowest BCUT2D eigenvalue weighted by atomic mass is 10.0. The summed E-state index contributed by atoms with van der Waals surface area (Å²) < 4.78 is 117. The van der Waals surface area contributed by atoms with E-state index in [0.717, 1.165) is 18.2 Å². The molecule has 3 rings (SSSR count). The highest BCUT2D eigenvalue weighted by Crippen LogP contribution is 2.39. The number of hydrogen-bond acceptors (Lipinski definition) is 1. The second kappa shape index (κ2) is 8.93. The summed E-state index contributed by atoms with van der Waals surface area (Å²) in [6.45, 7) is 1.49. The van der Waals surface area contributed by atoms with E-state index < -0.39 is 63.5 Å². The zero-order valence-corrected chi connectivity index (χ0v) is 17.5. The molecule has 0 N–H and O–H groups in total. The lowest BCUT2D eigenvalue weighted by molar-refractivity contribution is -0.189. The molecule has 1 nitrogen and oxygen atoms in total. The molecule has 0 bridgehead atoms. The van der Waals surface area contributed by atoms with Gasteiger partial charge in [0, 0.05) is 21.7 Å². The molecule has 3 aromatic carbocycles.